The Hall–Kier alpha value is -2.89. The number of halogens is 2. The van der Waals surface area contributed by atoms with Gasteiger partial charge in [0, 0.05) is 6.07 Å². The molecule has 1 heterocycles. The van der Waals surface area contributed by atoms with Crippen molar-refractivity contribution < 1.29 is 23.0 Å². The second kappa shape index (κ2) is 5.14. The van der Waals surface area contributed by atoms with Crippen LogP contribution in [-0.2, 0) is 0 Å². The number of hydrogen-bond acceptors (Lipinski definition) is 4. The molecule has 4 nitrogen and oxygen atoms in total. The normalized spacial score (nSPS) is 10.9. The molecule has 0 amide bonds. The van der Waals surface area contributed by atoms with Gasteiger partial charge in [0.15, 0.2) is 5.76 Å². The first-order valence-corrected chi connectivity index (χ1v) is 6.30. The quantitative estimate of drug-likeness (QED) is 0.787. The fourth-order valence-electron chi connectivity index (χ4n) is 2.14. The van der Waals surface area contributed by atoms with Crippen molar-refractivity contribution in [1.82, 2.24) is 0 Å². The van der Waals surface area contributed by atoms with Gasteiger partial charge >= 0.3 is 0 Å². The summed E-state index contributed by atoms with van der Waals surface area (Å²) in [5.74, 6) is -2.32. The summed E-state index contributed by atoms with van der Waals surface area (Å²) >= 11 is 0. The van der Waals surface area contributed by atoms with E-state index in [0.717, 1.165) is 18.2 Å². The van der Waals surface area contributed by atoms with E-state index in [0.29, 0.717) is 5.75 Å². The lowest BCUT2D eigenvalue weighted by atomic mass is 10.1. The first kappa shape index (κ1) is 14.1. The van der Waals surface area contributed by atoms with Gasteiger partial charge in [0.1, 0.15) is 23.0 Å². The van der Waals surface area contributed by atoms with Crippen LogP contribution in [-0.4, -0.2) is 12.2 Å². The highest BCUT2D eigenvalue weighted by Crippen LogP contribution is 2.33. The topological polar surface area (TPSA) is 59.7 Å². The molecule has 3 rings (SSSR count). The molecule has 0 unspecified atom stereocenters. The Labute approximate surface area is 123 Å². The highest BCUT2D eigenvalue weighted by atomic mass is 19.1. The lowest BCUT2D eigenvalue weighted by Crippen LogP contribution is -2.03. The van der Waals surface area contributed by atoms with Crippen molar-refractivity contribution in [1.29, 1.82) is 0 Å². The monoisotopic (exact) mass is 304 g/mol. The van der Waals surface area contributed by atoms with E-state index in [4.69, 9.17) is 9.15 Å². The molecule has 0 aliphatic heterocycles. The van der Waals surface area contributed by atoms with E-state index in [9.17, 15) is 18.7 Å². The number of aromatic hydroxyl groups is 1. The molecule has 1 aromatic heterocycles. The minimum absolute atomic E-state index is 0.0980. The van der Waals surface area contributed by atoms with Gasteiger partial charge in [0.05, 0.1) is 18.1 Å². The Balaban J connectivity index is 2.36. The average molecular weight is 304 g/mol. The van der Waals surface area contributed by atoms with E-state index in [1.807, 2.05) is 0 Å². The van der Waals surface area contributed by atoms with Crippen molar-refractivity contribution in [3.8, 4) is 22.8 Å². The van der Waals surface area contributed by atoms with Crippen LogP contribution in [0.2, 0.25) is 0 Å². The van der Waals surface area contributed by atoms with Gasteiger partial charge < -0.3 is 14.3 Å². The molecule has 0 saturated carbocycles. The second-order valence-corrected chi connectivity index (χ2v) is 4.60. The van der Waals surface area contributed by atoms with E-state index >= 15 is 0 Å². The summed E-state index contributed by atoms with van der Waals surface area (Å²) in [7, 11) is 1.44. The Kier molecular flexibility index (Phi) is 3.29. The van der Waals surface area contributed by atoms with Crippen LogP contribution in [0, 0.1) is 11.6 Å². The van der Waals surface area contributed by atoms with Crippen LogP contribution in [0.1, 0.15) is 0 Å². The maximum absolute atomic E-state index is 13.8. The molecule has 2 aromatic carbocycles. The number of ether oxygens (including phenoxy) is 1. The predicted molar refractivity (Wildman–Crippen MR) is 76.1 cm³/mol. The van der Waals surface area contributed by atoms with Crippen LogP contribution in [0.25, 0.3) is 22.3 Å². The largest absolute Gasteiger partial charge is 0.502 e. The van der Waals surface area contributed by atoms with Crippen molar-refractivity contribution in [2.75, 3.05) is 7.11 Å². The van der Waals surface area contributed by atoms with E-state index in [2.05, 4.69) is 0 Å². The summed E-state index contributed by atoms with van der Waals surface area (Å²) in [6.45, 7) is 0. The van der Waals surface area contributed by atoms with Gasteiger partial charge in [-0.2, -0.15) is 0 Å². The molecular formula is C16H10F2O4. The smallest absolute Gasteiger partial charge is 0.235 e. The Morgan fingerprint density at radius 3 is 2.64 bits per heavy atom. The lowest BCUT2D eigenvalue weighted by Gasteiger charge is -2.08. The van der Waals surface area contributed by atoms with Crippen LogP contribution in [0.15, 0.2) is 45.6 Å². The highest BCUT2D eigenvalue weighted by Gasteiger charge is 2.19. The molecular weight excluding hydrogens is 294 g/mol. The zero-order chi connectivity index (χ0) is 15.9. The zero-order valence-corrected chi connectivity index (χ0v) is 11.4. The van der Waals surface area contributed by atoms with E-state index in [1.165, 1.54) is 25.3 Å². The molecule has 22 heavy (non-hydrogen) atoms. The number of methoxy groups -OCH3 is 1. The Morgan fingerprint density at radius 1 is 1.14 bits per heavy atom. The van der Waals surface area contributed by atoms with Crippen molar-refractivity contribution in [2.45, 2.75) is 0 Å². The highest BCUT2D eigenvalue weighted by molar-refractivity contribution is 5.83. The SMILES string of the molecule is COc1ccc2c(=O)c(O)c(-c3cc(F)ccc3F)oc2c1. The third kappa shape index (κ3) is 2.18. The maximum atomic E-state index is 13.8. The third-order valence-corrected chi connectivity index (χ3v) is 3.25. The summed E-state index contributed by atoms with van der Waals surface area (Å²) < 4.78 is 37.6. The summed E-state index contributed by atoms with van der Waals surface area (Å²) in [6, 6.07) is 7.04. The van der Waals surface area contributed by atoms with Gasteiger partial charge in [-0.05, 0) is 30.3 Å². The van der Waals surface area contributed by atoms with Crippen LogP contribution in [0.4, 0.5) is 8.78 Å². The molecule has 0 aliphatic carbocycles. The van der Waals surface area contributed by atoms with E-state index in [1.54, 1.807) is 0 Å². The molecule has 0 aliphatic rings. The van der Waals surface area contributed by atoms with Crippen molar-refractivity contribution in [2.24, 2.45) is 0 Å². The third-order valence-electron chi connectivity index (χ3n) is 3.25. The standard InChI is InChI=1S/C16H10F2O4/c1-21-9-3-4-10-13(7-9)22-16(15(20)14(10)19)11-6-8(17)2-5-12(11)18/h2-7,20H,1H3. The van der Waals surface area contributed by atoms with Gasteiger partial charge in [-0.15, -0.1) is 0 Å². The minimum atomic E-state index is -0.818. The number of rotatable bonds is 2. The number of benzene rings is 2. The van der Waals surface area contributed by atoms with Gasteiger partial charge in [-0.25, -0.2) is 8.78 Å². The van der Waals surface area contributed by atoms with Crippen LogP contribution in [0.5, 0.6) is 11.5 Å². The summed E-state index contributed by atoms with van der Waals surface area (Å²) in [5.41, 5.74) is -0.970. The molecule has 0 saturated heterocycles. The summed E-state index contributed by atoms with van der Waals surface area (Å²) in [5, 5.41) is 10.1. The first-order chi connectivity index (χ1) is 10.5. The lowest BCUT2D eigenvalue weighted by molar-refractivity contribution is 0.413. The zero-order valence-electron chi connectivity index (χ0n) is 11.4. The molecule has 3 aromatic rings. The van der Waals surface area contributed by atoms with Crippen molar-refractivity contribution in [3.63, 3.8) is 0 Å². The minimum Gasteiger partial charge on any atom is -0.502 e. The van der Waals surface area contributed by atoms with Crippen LogP contribution < -0.4 is 10.2 Å². The van der Waals surface area contributed by atoms with E-state index in [-0.39, 0.29) is 16.5 Å². The maximum Gasteiger partial charge on any atom is 0.235 e. The fourth-order valence-corrected chi connectivity index (χ4v) is 2.14. The number of fused-ring (bicyclic) bond motifs is 1. The van der Waals surface area contributed by atoms with Gasteiger partial charge in [-0.1, -0.05) is 0 Å². The van der Waals surface area contributed by atoms with Gasteiger partial charge in [0.25, 0.3) is 0 Å². The first-order valence-electron chi connectivity index (χ1n) is 6.30. The predicted octanol–water partition coefficient (Wildman–Crippen LogP) is 3.45. The van der Waals surface area contributed by atoms with Gasteiger partial charge in [0.2, 0.25) is 11.2 Å². The van der Waals surface area contributed by atoms with Crippen molar-refractivity contribution in [3.05, 3.63) is 58.3 Å². The average Bonchev–Trinajstić information content (AvgIpc) is 2.52. The van der Waals surface area contributed by atoms with Gasteiger partial charge in [-0.3, -0.25) is 4.79 Å². The van der Waals surface area contributed by atoms with Crippen LogP contribution in [0.3, 0.4) is 0 Å². The molecule has 0 spiro atoms. The van der Waals surface area contributed by atoms with Crippen molar-refractivity contribution >= 4 is 11.0 Å². The summed E-state index contributed by atoms with van der Waals surface area (Å²) in [4.78, 5) is 12.2. The van der Waals surface area contributed by atoms with E-state index < -0.39 is 28.6 Å². The molecule has 0 fully saturated rings. The Morgan fingerprint density at radius 2 is 1.91 bits per heavy atom. The molecule has 1 N–H and O–H groups in total. The summed E-state index contributed by atoms with van der Waals surface area (Å²) in [6.07, 6.45) is 0. The fraction of sp³-hybridized carbons (Fsp3) is 0.0625. The molecule has 112 valence electrons. The molecule has 0 bridgehead atoms. The molecule has 0 atom stereocenters. The van der Waals surface area contributed by atoms with Crippen LogP contribution >= 0.6 is 0 Å². The number of hydrogen-bond donors (Lipinski definition) is 1. The second-order valence-electron chi connectivity index (χ2n) is 4.60. The molecule has 6 heteroatoms. The molecule has 0 radical (unpaired) electrons. The Bertz CT molecular complexity index is 931.